The van der Waals surface area contributed by atoms with Gasteiger partial charge in [0.25, 0.3) is 0 Å². The van der Waals surface area contributed by atoms with Crippen LogP contribution in [0, 0.1) is 0 Å². The van der Waals surface area contributed by atoms with Crippen molar-refractivity contribution >= 4 is 0 Å². The second kappa shape index (κ2) is 11.6. The Morgan fingerprint density at radius 3 is 2.34 bits per heavy atom. The number of aliphatic hydroxyl groups is 1. The molecule has 5 nitrogen and oxygen atoms in total. The zero-order valence-electron chi connectivity index (χ0n) is 19.2. The van der Waals surface area contributed by atoms with E-state index in [0.717, 1.165) is 66.5 Å². The fourth-order valence-electron chi connectivity index (χ4n) is 4.14. The molecular weight excluding hydrogens is 404 g/mol. The summed E-state index contributed by atoms with van der Waals surface area (Å²) in [5, 5.41) is 10.4. The first kappa shape index (κ1) is 23.7. The molecule has 0 amide bonds. The van der Waals surface area contributed by atoms with E-state index in [2.05, 4.69) is 31.4 Å². The van der Waals surface area contributed by atoms with E-state index in [4.69, 9.17) is 18.9 Å². The van der Waals surface area contributed by atoms with E-state index in [1.165, 1.54) is 0 Å². The summed E-state index contributed by atoms with van der Waals surface area (Å²) in [7, 11) is 3.26. The molecule has 2 aromatic carbocycles. The van der Waals surface area contributed by atoms with E-state index in [0.29, 0.717) is 30.5 Å². The van der Waals surface area contributed by atoms with Gasteiger partial charge in [-0.15, -0.1) is 0 Å². The van der Waals surface area contributed by atoms with Crippen molar-refractivity contribution in [3.63, 3.8) is 0 Å². The molecular formula is C27H34O5. The molecule has 4 bridgehead atoms. The number of benzene rings is 2. The maximum Gasteiger partial charge on any atom is 0.204 e. The number of hydrogen-bond donors (Lipinski definition) is 1. The summed E-state index contributed by atoms with van der Waals surface area (Å²) >= 11 is 0. The Morgan fingerprint density at radius 1 is 0.875 bits per heavy atom. The molecule has 0 aliphatic heterocycles. The lowest BCUT2D eigenvalue weighted by atomic mass is 9.95. The fraction of sp³-hybridized carbons (Fsp3) is 0.407. The molecule has 0 saturated carbocycles. The highest BCUT2D eigenvalue weighted by molar-refractivity contribution is 5.82. The summed E-state index contributed by atoms with van der Waals surface area (Å²) in [5.41, 5.74) is 3.99. The van der Waals surface area contributed by atoms with Gasteiger partial charge in [0.1, 0.15) is 19.0 Å². The van der Waals surface area contributed by atoms with Gasteiger partial charge in [-0.05, 0) is 61.4 Å². The summed E-state index contributed by atoms with van der Waals surface area (Å²) in [4.78, 5) is 0. The van der Waals surface area contributed by atoms with E-state index < -0.39 is 0 Å². The third kappa shape index (κ3) is 5.46. The second-order valence-corrected chi connectivity index (χ2v) is 7.95. The van der Waals surface area contributed by atoms with Gasteiger partial charge < -0.3 is 24.1 Å². The number of aliphatic hydroxyl groups excluding tert-OH is 1. The largest absolute Gasteiger partial charge is 0.492 e. The molecule has 1 aliphatic rings. The van der Waals surface area contributed by atoms with Gasteiger partial charge in [0.05, 0.1) is 20.3 Å². The van der Waals surface area contributed by atoms with Gasteiger partial charge in [0, 0.05) is 11.1 Å². The number of aryl methyl sites for hydroxylation is 2. The van der Waals surface area contributed by atoms with Crippen molar-refractivity contribution in [2.75, 3.05) is 27.4 Å². The Bertz CT molecular complexity index is 934. The van der Waals surface area contributed by atoms with Crippen LogP contribution in [-0.2, 0) is 12.8 Å². The molecule has 0 heterocycles. The number of ether oxygens (including phenoxy) is 4. The van der Waals surface area contributed by atoms with Crippen LogP contribution in [0.2, 0.25) is 0 Å². The standard InChI is InChI=1S/C27H34O5/c1-5-15-31-24-14-12-19-11-13-21(28)10-8-7-9-20-18-23(22(24)17-19)26(29-3)27(30-4)25(20)32-16-6-2/h5-6,12,14,17-18,21,28H,1-2,7-11,13,15-16H2,3-4H3. The van der Waals surface area contributed by atoms with Crippen molar-refractivity contribution in [2.45, 2.75) is 44.6 Å². The molecule has 0 radical (unpaired) electrons. The first-order chi connectivity index (χ1) is 15.6. The van der Waals surface area contributed by atoms with Crippen molar-refractivity contribution in [1.82, 2.24) is 0 Å². The van der Waals surface area contributed by atoms with Crippen LogP contribution in [0.4, 0.5) is 0 Å². The van der Waals surface area contributed by atoms with Gasteiger partial charge in [0.2, 0.25) is 5.75 Å². The highest BCUT2D eigenvalue weighted by Crippen LogP contribution is 2.49. The van der Waals surface area contributed by atoms with E-state index in [1.54, 1.807) is 26.4 Å². The predicted octanol–water partition coefficient (Wildman–Crippen LogP) is 5.52. The first-order valence-corrected chi connectivity index (χ1v) is 11.2. The minimum atomic E-state index is -0.306. The second-order valence-electron chi connectivity index (χ2n) is 7.95. The first-order valence-electron chi connectivity index (χ1n) is 11.2. The Morgan fingerprint density at radius 2 is 1.62 bits per heavy atom. The maximum atomic E-state index is 10.4. The normalized spacial score (nSPS) is 16.0. The van der Waals surface area contributed by atoms with Gasteiger partial charge in [-0.2, -0.15) is 0 Å². The van der Waals surface area contributed by atoms with E-state index in [1.807, 2.05) is 6.07 Å². The van der Waals surface area contributed by atoms with Gasteiger partial charge in [0.15, 0.2) is 11.5 Å². The van der Waals surface area contributed by atoms with E-state index >= 15 is 0 Å². The fourth-order valence-corrected chi connectivity index (χ4v) is 4.14. The summed E-state index contributed by atoms with van der Waals surface area (Å²) < 4.78 is 23.7. The molecule has 1 aliphatic carbocycles. The molecule has 1 atom stereocenters. The summed E-state index contributed by atoms with van der Waals surface area (Å²) in [5.74, 6) is 2.59. The summed E-state index contributed by atoms with van der Waals surface area (Å²) in [6.07, 6.45) is 8.13. The summed E-state index contributed by atoms with van der Waals surface area (Å²) in [6.45, 7) is 8.31. The topological polar surface area (TPSA) is 57.2 Å². The number of fused-ring (bicyclic) bond motifs is 5. The third-order valence-corrected chi connectivity index (χ3v) is 5.71. The molecule has 3 rings (SSSR count). The number of hydrogen-bond acceptors (Lipinski definition) is 5. The quantitative estimate of drug-likeness (QED) is 0.550. The molecule has 32 heavy (non-hydrogen) atoms. The van der Waals surface area contributed by atoms with Crippen LogP contribution >= 0.6 is 0 Å². The van der Waals surface area contributed by atoms with Crippen molar-refractivity contribution in [2.24, 2.45) is 0 Å². The van der Waals surface area contributed by atoms with Gasteiger partial charge in [-0.25, -0.2) is 0 Å². The van der Waals surface area contributed by atoms with Crippen molar-refractivity contribution in [3.05, 3.63) is 60.7 Å². The average Bonchev–Trinajstić information content (AvgIpc) is 2.82. The maximum absolute atomic E-state index is 10.4. The molecule has 172 valence electrons. The Balaban J connectivity index is 2.25. The molecule has 1 N–H and O–H groups in total. The zero-order chi connectivity index (χ0) is 22.9. The monoisotopic (exact) mass is 438 g/mol. The summed E-state index contributed by atoms with van der Waals surface area (Å²) in [6, 6.07) is 8.27. The minimum absolute atomic E-state index is 0.306. The van der Waals surface area contributed by atoms with Crippen LogP contribution in [0.5, 0.6) is 23.0 Å². The van der Waals surface area contributed by atoms with E-state index in [-0.39, 0.29) is 6.10 Å². The van der Waals surface area contributed by atoms with Crippen LogP contribution < -0.4 is 18.9 Å². The molecule has 0 spiro atoms. The van der Waals surface area contributed by atoms with Crippen molar-refractivity contribution in [3.8, 4) is 34.1 Å². The third-order valence-electron chi connectivity index (χ3n) is 5.71. The zero-order valence-corrected chi connectivity index (χ0v) is 19.2. The molecule has 0 aromatic heterocycles. The lowest BCUT2D eigenvalue weighted by Crippen LogP contribution is -2.08. The van der Waals surface area contributed by atoms with Crippen LogP contribution in [0.1, 0.15) is 36.8 Å². The van der Waals surface area contributed by atoms with Gasteiger partial charge >= 0.3 is 0 Å². The Kier molecular flexibility index (Phi) is 8.63. The highest BCUT2D eigenvalue weighted by atomic mass is 16.5. The molecule has 0 fully saturated rings. The molecule has 1 unspecified atom stereocenters. The highest BCUT2D eigenvalue weighted by Gasteiger charge is 2.24. The van der Waals surface area contributed by atoms with Gasteiger partial charge in [-0.3, -0.25) is 0 Å². The Hall–Kier alpha value is -2.92. The van der Waals surface area contributed by atoms with Gasteiger partial charge in [-0.1, -0.05) is 37.8 Å². The number of methoxy groups -OCH3 is 2. The Labute approximate surface area is 191 Å². The van der Waals surface area contributed by atoms with Crippen molar-refractivity contribution in [1.29, 1.82) is 0 Å². The number of rotatable bonds is 8. The smallest absolute Gasteiger partial charge is 0.204 e. The van der Waals surface area contributed by atoms with Crippen LogP contribution in [0.3, 0.4) is 0 Å². The van der Waals surface area contributed by atoms with Crippen LogP contribution in [0.25, 0.3) is 11.1 Å². The molecule has 5 heteroatoms. The minimum Gasteiger partial charge on any atom is -0.492 e. The molecule has 0 saturated heterocycles. The molecule has 2 aromatic rings. The van der Waals surface area contributed by atoms with Crippen molar-refractivity contribution < 1.29 is 24.1 Å². The lowest BCUT2D eigenvalue weighted by Gasteiger charge is -2.22. The van der Waals surface area contributed by atoms with Crippen LogP contribution in [-0.4, -0.2) is 38.6 Å². The SMILES string of the molecule is C=CCOc1ccc2cc1-c1cc(c(OCC=C)c(OC)c1OC)CCCCC(O)CC2. The average molecular weight is 439 g/mol. The lowest BCUT2D eigenvalue weighted by molar-refractivity contribution is 0.151. The van der Waals surface area contributed by atoms with E-state index in [9.17, 15) is 5.11 Å². The predicted molar refractivity (Wildman–Crippen MR) is 128 cm³/mol. The van der Waals surface area contributed by atoms with Crippen LogP contribution in [0.15, 0.2) is 49.6 Å².